The largest absolute Gasteiger partial charge is 0.257 e. The summed E-state index contributed by atoms with van der Waals surface area (Å²) in [6, 6.07) is 0. The van der Waals surface area contributed by atoms with Gasteiger partial charge in [0.1, 0.15) is 0 Å². The van der Waals surface area contributed by atoms with E-state index in [9.17, 15) is 0 Å². The van der Waals surface area contributed by atoms with Crippen molar-refractivity contribution in [1.29, 1.82) is 0 Å². The Morgan fingerprint density at radius 1 is 1.71 bits per heavy atom. The van der Waals surface area contributed by atoms with Crippen LogP contribution in [0.15, 0.2) is 0 Å². The van der Waals surface area contributed by atoms with Crippen LogP contribution in [0, 0.1) is 5.92 Å². The summed E-state index contributed by atoms with van der Waals surface area (Å²) in [6.45, 7) is 3.33. The van der Waals surface area contributed by atoms with Gasteiger partial charge >= 0.3 is 0 Å². The third kappa shape index (κ3) is 1.27. The number of nitrogens with one attached hydrogen (secondary N) is 2. The highest BCUT2D eigenvalue weighted by Gasteiger charge is 2.17. The Labute approximate surface area is 57.2 Å². The van der Waals surface area contributed by atoms with Crippen LogP contribution < -0.4 is 10.9 Å². The van der Waals surface area contributed by atoms with Crippen molar-refractivity contribution in [1.82, 2.24) is 10.9 Å². The van der Waals surface area contributed by atoms with Crippen molar-refractivity contribution in [2.24, 2.45) is 5.92 Å². The third-order valence-electron chi connectivity index (χ3n) is 1.16. The van der Waals surface area contributed by atoms with Gasteiger partial charge in [0.2, 0.25) is 0 Å². The Hall–Kier alpha value is 0.650. The van der Waals surface area contributed by atoms with E-state index in [1.807, 2.05) is 0 Å². The van der Waals surface area contributed by atoms with Crippen LogP contribution in [0.5, 0.6) is 0 Å². The molecule has 1 aliphatic rings. The first-order chi connectivity index (χ1) is 3.30. The fourth-order valence-electron chi connectivity index (χ4n) is 0.563. The van der Waals surface area contributed by atoms with Gasteiger partial charge in [-0.1, -0.05) is 29.5 Å². The minimum absolute atomic E-state index is 0.623. The number of halogens is 1. The lowest BCUT2D eigenvalue weighted by atomic mass is 10.2. The normalized spacial score (nSPS) is 42.0. The van der Waals surface area contributed by atoms with Gasteiger partial charge in [-0.25, -0.2) is 5.43 Å². The summed E-state index contributed by atoms with van der Waals surface area (Å²) >= 11 is 2.38. The van der Waals surface area contributed by atoms with Gasteiger partial charge < -0.3 is 0 Å². The van der Waals surface area contributed by atoms with E-state index in [1.54, 1.807) is 0 Å². The molecule has 2 unspecified atom stereocenters. The lowest BCUT2D eigenvalue weighted by Crippen LogP contribution is -2.26. The summed E-state index contributed by atoms with van der Waals surface area (Å²) in [5.41, 5.74) is 6.17. The quantitative estimate of drug-likeness (QED) is 0.347. The third-order valence-corrected chi connectivity index (χ3v) is 2.70. The van der Waals surface area contributed by atoms with E-state index in [0.29, 0.717) is 4.05 Å². The second-order valence-electron chi connectivity index (χ2n) is 1.90. The number of hydrogen-bond acceptors (Lipinski definition) is 2. The van der Waals surface area contributed by atoms with E-state index in [2.05, 4.69) is 40.4 Å². The highest BCUT2D eigenvalue weighted by molar-refractivity contribution is 14.1. The Balaban J connectivity index is 2.33. The average Bonchev–Trinajstić information content (AvgIpc) is 1.91. The van der Waals surface area contributed by atoms with Crippen molar-refractivity contribution in [3.63, 3.8) is 0 Å². The molecule has 2 atom stereocenters. The first-order valence-corrected chi connectivity index (χ1v) is 3.68. The van der Waals surface area contributed by atoms with Crippen LogP contribution in [-0.2, 0) is 0 Å². The maximum absolute atomic E-state index is 3.11. The summed E-state index contributed by atoms with van der Waals surface area (Å²) in [5.74, 6) is 0.778. The molecule has 0 radical (unpaired) electrons. The van der Waals surface area contributed by atoms with E-state index < -0.39 is 0 Å². The van der Waals surface area contributed by atoms with Crippen molar-refractivity contribution >= 4 is 22.6 Å². The van der Waals surface area contributed by atoms with E-state index in [-0.39, 0.29) is 0 Å². The first kappa shape index (κ1) is 5.78. The zero-order valence-electron chi connectivity index (χ0n) is 4.24. The number of rotatable bonds is 0. The fourth-order valence-corrected chi connectivity index (χ4v) is 1.04. The molecule has 0 aromatic rings. The molecule has 0 aromatic heterocycles. The van der Waals surface area contributed by atoms with Crippen LogP contribution >= 0.6 is 22.6 Å². The molecule has 0 spiro atoms. The Bertz CT molecular complexity index is 58.7. The zero-order valence-corrected chi connectivity index (χ0v) is 6.40. The Morgan fingerprint density at radius 2 is 2.43 bits per heavy atom. The molecule has 1 saturated heterocycles. The predicted octanol–water partition coefficient (Wildman–Crippen LogP) is 0.491. The molecular weight excluding hydrogens is 203 g/mol. The zero-order chi connectivity index (χ0) is 5.28. The maximum Gasteiger partial charge on any atom is 0.0765 e. The standard InChI is InChI=1S/C4H9IN2/c1-3-2-6-7-4(3)5/h3-4,6-7H,2H2,1H3. The van der Waals surface area contributed by atoms with Crippen LogP contribution in [0.2, 0.25) is 0 Å². The molecule has 0 aliphatic carbocycles. The van der Waals surface area contributed by atoms with E-state index in [4.69, 9.17) is 0 Å². The van der Waals surface area contributed by atoms with Gasteiger partial charge in [-0.05, 0) is 5.92 Å². The van der Waals surface area contributed by atoms with Gasteiger partial charge in [-0.3, -0.25) is 5.43 Å². The lowest BCUT2D eigenvalue weighted by molar-refractivity contribution is 0.660. The van der Waals surface area contributed by atoms with Crippen LogP contribution in [0.4, 0.5) is 0 Å². The van der Waals surface area contributed by atoms with E-state index in [0.717, 1.165) is 12.5 Å². The molecule has 3 heteroatoms. The minimum Gasteiger partial charge on any atom is -0.257 e. The van der Waals surface area contributed by atoms with Gasteiger partial charge in [-0.2, -0.15) is 0 Å². The lowest BCUT2D eigenvalue weighted by Gasteiger charge is -2.01. The molecule has 0 amide bonds. The molecule has 1 rings (SSSR count). The molecule has 1 aliphatic heterocycles. The van der Waals surface area contributed by atoms with Crippen molar-refractivity contribution in [3.05, 3.63) is 0 Å². The molecule has 1 fully saturated rings. The molecule has 0 bridgehead atoms. The van der Waals surface area contributed by atoms with Crippen molar-refractivity contribution in [2.75, 3.05) is 6.54 Å². The van der Waals surface area contributed by atoms with Crippen molar-refractivity contribution in [3.8, 4) is 0 Å². The van der Waals surface area contributed by atoms with Gasteiger partial charge in [0.25, 0.3) is 0 Å². The molecule has 0 saturated carbocycles. The molecule has 7 heavy (non-hydrogen) atoms. The SMILES string of the molecule is CC1CNNC1I. The Morgan fingerprint density at radius 3 is 2.57 bits per heavy atom. The second-order valence-corrected chi connectivity index (χ2v) is 3.25. The van der Waals surface area contributed by atoms with E-state index >= 15 is 0 Å². The van der Waals surface area contributed by atoms with Gasteiger partial charge in [0, 0.05) is 6.54 Å². The topological polar surface area (TPSA) is 24.1 Å². The molecule has 42 valence electrons. The van der Waals surface area contributed by atoms with Gasteiger partial charge in [-0.15, -0.1) is 0 Å². The minimum atomic E-state index is 0.623. The number of alkyl halides is 1. The molecule has 0 aromatic carbocycles. The molecular formula is C4H9IN2. The van der Waals surface area contributed by atoms with Gasteiger partial charge in [0.05, 0.1) is 4.05 Å². The van der Waals surface area contributed by atoms with Crippen LogP contribution in [-0.4, -0.2) is 10.6 Å². The molecule has 2 nitrogen and oxygen atoms in total. The second kappa shape index (κ2) is 2.28. The summed E-state index contributed by atoms with van der Waals surface area (Å²) in [6.07, 6.45) is 0. The summed E-state index contributed by atoms with van der Waals surface area (Å²) in [4.78, 5) is 0. The van der Waals surface area contributed by atoms with Crippen LogP contribution in [0.3, 0.4) is 0 Å². The highest BCUT2D eigenvalue weighted by Crippen LogP contribution is 2.11. The van der Waals surface area contributed by atoms with Gasteiger partial charge in [0.15, 0.2) is 0 Å². The van der Waals surface area contributed by atoms with Crippen LogP contribution in [0.25, 0.3) is 0 Å². The predicted molar refractivity (Wildman–Crippen MR) is 38.1 cm³/mol. The van der Waals surface area contributed by atoms with Crippen molar-refractivity contribution in [2.45, 2.75) is 11.0 Å². The summed E-state index contributed by atoms with van der Waals surface area (Å²) in [7, 11) is 0. The molecule has 2 N–H and O–H groups in total. The fraction of sp³-hybridized carbons (Fsp3) is 1.00. The highest BCUT2D eigenvalue weighted by atomic mass is 127. The molecule has 1 heterocycles. The monoisotopic (exact) mass is 212 g/mol. The van der Waals surface area contributed by atoms with Crippen molar-refractivity contribution < 1.29 is 0 Å². The summed E-state index contributed by atoms with van der Waals surface area (Å²) < 4.78 is 0.623. The van der Waals surface area contributed by atoms with Crippen LogP contribution in [0.1, 0.15) is 6.92 Å². The number of hydrazine groups is 1. The Kier molecular flexibility index (Phi) is 1.88. The average molecular weight is 212 g/mol. The van der Waals surface area contributed by atoms with E-state index in [1.165, 1.54) is 0 Å². The first-order valence-electron chi connectivity index (χ1n) is 2.43. The maximum atomic E-state index is 3.11. The smallest absolute Gasteiger partial charge is 0.0765 e. The number of hydrogen-bond donors (Lipinski definition) is 2. The summed E-state index contributed by atoms with van der Waals surface area (Å²) in [5, 5.41) is 0.